The molecule has 1 fully saturated rings. The predicted molar refractivity (Wildman–Crippen MR) is 113 cm³/mol. The molecule has 0 radical (unpaired) electrons. The summed E-state index contributed by atoms with van der Waals surface area (Å²) in [5.41, 5.74) is 3.83. The molecule has 0 atom stereocenters. The minimum atomic E-state index is 0.457. The first-order chi connectivity index (χ1) is 13.3. The Hall–Kier alpha value is -2.20. The Bertz CT molecular complexity index is 840. The van der Waals surface area contributed by atoms with Crippen molar-refractivity contribution in [3.8, 4) is 0 Å². The molecular formula is C22H25ClN4. The molecule has 1 N–H and O–H groups in total. The van der Waals surface area contributed by atoms with Crippen LogP contribution in [0.15, 0.2) is 53.2 Å². The lowest BCUT2D eigenvalue weighted by molar-refractivity contribution is 0.470. The van der Waals surface area contributed by atoms with E-state index in [4.69, 9.17) is 16.6 Å². The van der Waals surface area contributed by atoms with E-state index in [9.17, 15) is 0 Å². The van der Waals surface area contributed by atoms with Gasteiger partial charge in [-0.15, -0.1) is 0 Å². The average molecular weight is 381 g/mol. The minimum Gasteiger partial charge on any atom is -0.351 e. The first-order valence-electron chi connectivity index (χ1n) is 9.90. The van der Waals surface area contributed by atoms with E-state index < -0.39 is 0 Å². The van der Waals surface area contributed by atoms with Crippen LogP contribution in [0.25, 0.3) is 5.57 Å². The third-order valence-electron chi connectivity index (χ3n) is 5.32. The van der Waals surface area contributed by atoms with Gasteiger partial charge in [-0.25, -0.2) is 9.97 Å². The lowest BCUT2D eigenvalue weighted by atomic mass is 9.97. The van der Waals surface area contributed by atoms with Gasteiger partial charge in [0.25, 0.3) is 0 Å². The molecule has 1 aromatic rings. The quantitative estimate of drug-likeness (QED) is 0.727. The summed E-state index contributed by atoms with van der Waals surface area (Å²) in [6.07, 6.45) is 22.9. The molecule has 1 saturated carbocycles. The van der Waals surface area contributed by atoms with Gasteiger partial charge in [-0.3, -0.25) is 4.99 Å². The van der Waals surface area contributed by atoms with Crippen LogP contribution < -0.4 is 5.32 Å². The van der Waals surface area contributed by atoms with E-state index in [-0.39, 0.29) is 0 Å². The average Bonchev–Trinajstić information content (AvgIpc) is 2.74. The van der Waals surface area contributed by atoms with Crippen molar-refractivity contribution < 1.29 is 0 Å². The second-order valence-corrected chi connectivity index (χ2v) is 7.65. The van der Waals surface area contributed by atoms with Crippen molar-refractivity contribution in [2.45, 2.75) is 57.5 Å². The zero-order valence-electron chi connectivity index (χ0n) is 15.5. The first-order valence-corrected chi connectivity index (χ1v) is 10.3. The van der Waals surface area contributed by atoms with Crippen LogP contribution in [0.2, 0.25) is 0 Å². The van der Waals surface area contributed by atoms with E-state index in [1.165, 1.54) is 44.9 Å². The van der Waals surface area contributed by atoms with Gasteiger partial charge in [0, 0.05) is 28.9 Å². The molecule has 1 aliphatic heterocycles. The molecule has 0 saturated heterocycles. The van der Waals surface area contributed by atoms with Crippen LogP contribution in [0.1, 0.15) is 56.2 Å². The first kappa shape index (κ1) is 18.2. The molecule has 2 aliphatic carbocycles. The van der Waals surface area contributed by atoms with Gasteiger partial charge in [0.2, 0.25) is 5.95 Å². The standard InChI is InChI=1S/C22H25ClN4/c23-21-19-13-9-5-4-8-12-18(19)20-16(14-24-21)15-25-22(27-20)26-17-10-6-2-1-3-7-11-17/h4-5,8-9,12-13,15,17H,1-3,6-7,10-11,14H2,(H,25,26,27)/b5-4?,8-4-,9-5+,12-8?,13-9?,18-12+,19-13-. The molecule has 4 rings (SSSR count). The van der Waals surface area contributed by atoms with Crippen LogP contribution in [0.4, 0.5) is 5.95 Å². The minimum absolute atomic E-state index is 0.457. The molecule has 1 aromatic heterocycles. The maximum absolute atomic E-state index is 6.46. The van der Waals surface area contributed by atoms with Gasteiger partial charge >= 0.3 is 0 Å². The molecule has 5 heteroatoms. The van der Waals surface area contributed by atoms with Crippen LogP contribution in [0.5, 0.6) is 0 Å². The number of nitrogens with one attached hydrogen (secondary N) is 1. The van der Waals surface area contributed by atoms with Gasteiger partial charge in [-0.2, -0.15) is 0 Å². The van der Waals surface area contributed by atoms with Gasteiger partial charge in [0.1, 0.15) is 5.17 Å². The molecule has 2 heterocycles. The van der Waals surface area contributed by atoms with Gasteiger partial charge < -0.3 is 5.32 Å². The lowest BCUT2D eigenvalue weighted by Gasteiger charge is -2.21. The summed E-state index contributed by atoms with van der Waals surface area (Å²) in [7, 11) is 0. The molecule has 4 nitrogen and oxygen atoms in total. The smallest absolute Gasteiger partial charge is 0.223 e. The highest BCUT2D eigenvalue weighted by molar-refractivity contribution is 6.71. The van der Waals surface area contributed by atoms with Crippen molar-refractivity contribution in [2.75, 3.05) is 5.32 Å². The Labute approximate surface area is 165 Å². The van der Waals surface area contributed by atoms with Gasteiger partial charge in [0.15, 0.2) is 0 Å². The fraction of sp³-hybridized carbons (Fsp3) is 0.409. The molecule has 27 heavy (non-hydrogen) atoms. The number of rotatable bonds is 2. The molecule has 0 bridgehead atoms. The Kier molecular flexibility index (Phi) is 5.83. The molecule has 140 valence electrons. The largest absolute Gasteiger partial charge is 0.351 e. The number of halogens is 1. The third kappa shape index (κ3) is 4.38. The highest BCUT2D eigenvalue weighted by Gasteiger charge is 2.22. The Balaban J connectivity index is 1.65. The normalized spacial score (nSPS) is 26.8. The molecule has 0 unspecified atom stereocenters. The third-order valence-corrected chi connectivity index (χ3v) is 5.64. The van der Waals surface area contributed by atoms with Crippen molar-refractivity contribution >= 4 is 28.3 Å². The zero-order chi connectivity index (χ0) is 18.5. The van der Waals surface area contributed by atoms with Crippen molar-refractivity contribution in [3.63, 3.8) is 0 Å². The van der Waals surface area contributed by atoms with Crippen LogP contribution in [-0.4, -0.2) is 21.2 Å². The van der Waals surface area contributed by atoms with E-state index >= 15 is 0 Å². The number of aliphatic imine (C=N–C) groups is 1. The Morgan fingerprint density at radius 1 is 0.889 bits per heavy atom. The van der Waals surface area contributed by atoms with E-state index in [1.807, 2.05) is 36.6 Å². The summed E-state index contributed by atoms with van der Waals surface area (Å²) in [6.45, 7) is 0.500. The van der Waals surface area contributed by atoms with Crippen LogP contribution in [-0.2, 0) is 6.54 Å². The molecule has 3 aliphatic rings. The highest BCUT2D eigenvalue weighted by Crippen LogP contribution is 2.32. The van der Waals surface area contributed by atoms with Gasteiger partial charge in [-0.05, 0) is 12.8 Å². The Morgan fingerprint density at radius 3 is 2.37 bits per heavy atom. The molecule has 0 aromatic carbocycles. The maximum Gasteiger partial charge on any atom is 0.223 e. The highest BCUT2D eigenvalue weighted by atomic mass is 35.5. The van der Waals surface area contributed by atoms with Gasteiger partial charge in [-0.1, -0.05) is 80.2 Å². The van der Waals surface area contributed by atoms with E-state index in [1.54, 1.807) is 0 Å². The number of fused-ring (bicyclic) bond motifs is 3. The molecular weight excluding hydrogens is 356 g/mol. The SMILES string of the molecule is ClC1=NCc2cnc(NC3CCCCCCC3)nc2/C2=C/C=C\C=C\C=C/12. The zero-order valence-corrected chi connectivity index (χ0v) is 16.3. The number of anilines is 1. The van der Waals surface area contributed by atoms with Crippen LogP contribution >= 0.6 is 11.6 Å². The molecule has 0 amide bonds. The van der Waals surface area contributed by atoms with Crippen molar-refractivity contribution in [3.05, 3.63) is 59.5 Å². The lowest BCUT2D eigenvalue weighted by Crippen LogP contribution is -2.22. The topological polar surface area (TPSA) is 50.2 Å². The maximum atomic E-state index is 6.46. The summed E-state index contributed by atoms with van der Waals surface area (Å²) in [5, 5.41) is 4.10. The Morgan fingerprint density at radius 2 is 1.59 bits per heavy atom. The summed E-state index contributed by atoms with van der Waals surface area (Å²) in [5.74, 6) is 0.708. The predicted octanol–water partition coefficient (Wildman–Crippen LogP) is 5.59. The number of aromatic nitrogens is 2. The number of hydrogen-bond acceptors (Lipinski definition) is 4. The fourth-order valence-corrected chi connectivity index (χ4v) is 4.07. The fourth-order valence-electron chi connectivity index (χ4n) is 3.85. The summed E-state index contributed by atoms with van der Waals surface area (Å²) in [6, 6.07) is 0.457. The van der Waals surface area contributed by atoms with Crippen molar-refractivity contribution in [1.29, 1.82) is 0 Å². The number of nitrogens with zero attached hydrogens (tertiary/aromatic N) is 3. The second-order valence-electron chi connectivity index (χ2n) is 7.29. The van der Waals surface area contributed by atoms with Crippen LogP contribution in [0.3, 0.4) is 0 Å². The monoisotopic (exact) mass is 380 g/mol. The second kappa shape index (κ2) is 8.66. The van der Waals surface area contributed by atoms with Crippen molar-refractivity contribution in [1.82, 2.24) is 9.97 Å². The number of allylic oxidation sites excluding steroid dienone is 8. The summed E-state index contributed by atoms with van der Waals surface area (Å²) in [4.78, 5) is 14.0. The van der Waals surface area contributed by atoms with Crippen LogP contribution in [0, 0.1) is 0 Å². The van der Waals surface area contributed by atoms with E-state index in [2.05, 4.69) is 21.4 Å². The van der Waals surface area contributed by atoms with Gasteiger partial charge in [0.05, 0.1) is 12.2 Å². The summed E-state index contributed by atoms with van der Waals surface area (Å²) >= 11 is 6.46. The summed E-state index contributed by atoms with van der Waals surface area (Å²) < 4.78 is 0. The van der Waals surface area contributed by atoms with E-state index in [0.717, 1.165) is 22.4 Å². The number of hydrogen-bond donors (Lipinski definition) is 1. The molecule has 0 spiro atoms. The van der Waals surface area contributed by atoms with E-state index in [0.29, 0.717) is 23.7 Å². The van der Waals surface area contributed by atoms with Crippen molar-refractivity contribution in [2.24, 2.45) is 4.99 Å².